The van der Waals surface area contributed by atoms with Gasteiger partial charge in [0.2, 0.25) is 0 Å². The van der Waals surface area contributed by atoms with Gasteiger partial charge in [0.25, 0.3) is 0 Å². The Bertz CT molecular complexity index is 945. The lowest BCUT2D eigenvalue weighted by molar-refractivity contribution is 0.196. The number of piperidine rings is 1. The minimum absolute atomic E-state index is 0.491. The molecule has 0 radical (unpaired) electrons. The summed E-state index contributed by atoms with van der Waals surface area (Å²) in [6.45, 7) is 3.58. The maximum atomic E-state index is 6.12. The molecule has 1 atom stereocenters. The molecule has 1 saturated heterocycles. The lowest BCUT2D eigenvalue weighted by Crippen LogP contribution is -2.34. The van der Waals surface area contributed by atoms with E-state index in [0.29, 0.717) is 12.5 Å². The Labute approximate surface area is 179 Å². The van der Waals surface area contributed by atoms with Gasteiger partial charge in [-0.1, -0.05) is 24.3 Å². The molecule has 0 unspecified atom stereocenters. The molecule has 3 aromatic rings. The number of benzene rings is 1. The molecule has 3 heterocycles. The predicted octanol–water partition coefficient (Wildman–Crippen LogP) is 4.50. The van der Waals surface area contributed by atoms with E-state index >= 15 is 0 Å². The minimum Gasteiger partial charge on any atom is -0.487 e. The van der Waals surface area contributed by atoms with Gasteiger partial charge in [-0.15, -0.1) is 0 Å². The summed E-state index contributed by atoms with van der Waals surface area (Å²) < 4.78 is 6.12. The standard InChI is InChI=1S/C25H30N4O/c1-28(2)25-16-20(12-14-27-25)21-9-7-15-29(17-21)18-22-8-3-4-11-24(22)30-19-23-10-5-6-13-26-23/h3-6,8,10-14,16,21H,7,9,15,17-19H2,1-2H3/t21-/m0/s1. The Morgan fingerprint density at radius 3 is 2.73 bits per heavy atom. The Morgan fingerprint density at radius 2 is 1.90 bits per heavy atom. The van der Waals surface area contributed by atoms with Crippen molar-refractivity contribution in [3.63, 3.8) is 0 Å². The van der Waals surface area contributed by atoms with Gasteiger partial charge in [0.15, 0.2) is 0 Å². The van der Waals surface area contributed by atoms with Crippen LogP contribution in [0.1, 0.15) is 35.6 Å². The van der Waals surface area contributed by atoms with Crippen LogP contribution in [0.4, 0.5) is 5.82 Å². The number of rotatable bonds is 7. The zero-order valence-electron chi connectivity index (χ0n) is 17.9. The lowest BCUT2D eigenvalue weighted by Gasteiger charge is -2.33. The van der Waals surface area contributed by atoms with E-state index in [-0.39, 0.29) is 0 Å². The third kappa shape index (κ3) is 5.16. The number of aromatic nitrogens is 2. The third-order valence-corrected chi connectivity index (χ3v) is 5.67. The van der Waals surface area contributed by atoms with E-state index in [2.05, 4.69) is 50.1 Å². The molecule has 0 saturated carbocycles. The summed E-state index contributed by atoms with van der Waals surface area (Å²) in [5, 5.41) is 0. The second-order valence-corrected chi connectivity index (χ2v) is 8.13. The summed E-state index contributed by atoms with van der Waals surface area (Å²) in [6.07, 6.45) is 6.18. The van der Waals surface area contributed by atoms with E-state index in [0.717, 1.165) is 36.9 Å². The van der Waals surface area contributed by atoms with Gasteiger partial charge in [0.05, 0.1) is 5.69 Å². The largest absolute Gasteiger partial charge is 0.487 e. The predicted molar refractivity (Wildman–Crippen MR) is 121 cm³/mol. The first-order valence-corrected chi connectivity index (χ1v) is 10.7. The van der Waals surface area contributed by atoms with Crippen molar-refractivity contribution in [2.45, 2.75) is 31.9 Å². The maximum Gasteiger partial charge on any atom is 0.130 e. The van der Waals surface area contributed by atoms with Gasteiger partial charge in [-0.3, -0.25) is 9.88 Å². The van der Waals surface area contributed by atoms with Gasteiger partial charge in [-0.05, 0) is 61.2 Å². The fourth-order valence-electron chi connectivity index (χ4n) is 4.06. The zero-order valence-corrected chi connectivity index (χ0v) is 17.9. The van der Waals surface area contributed by atoms with Crippen LogP contribution in [0, 0.1) is 0 Å². The summed E-state index contributed by atoms with van der Waals surface area (Å²) in [4.78, 5) is 13.4. The Hall–Kier alpha value is -2.92. The van der Waals surface area contributed by atoms with E-state index in [1.807, 2.05) is 44.6 Å². The normalized spacial score (nSPS) is 16.9. The van der Waals surface area contributed by atoms with Gasteiger partial charge < -0.3 is 9.64 Å². The molecule has 30 heavy (non-hydrogen) atoms. The van der Waals surface area contributed by atoms with Crippen LogP contribution in [-0.4, -0.2) is 42.1 Å². The zero-order chi connectivity index (χ0) is 20.8. The van der Waals surface area contributed by atoms with E-state index in [1.165, 1.54) is 24.0 Å². The Kier molecular flexibility index (Phi) is 6.60. The molecule has 156 valence electrons. The second-order valence-electron chi connectivity index (χ2n) is 8.13. The van der Waals surface area contributed by atoms with Crippen molar-refractivity contribution in [1.82, 2.24) is 14.9 Å². The number of anilines is 1. The molecule has 0 aliphatic carbocycles. The van der Waals surface area contributed by atoms with Gasteiger partial charge >= 0.3 is 0 Å². The third-order valence-electron chi connectivity index (χ3n) is 5.67. The van der Waals surface area contributed by atoms with Crippen molar-refractivity contribution in [3.05, 3.63) is 83.8 Å². The molecule has 1 aromatic carbocycles. The molecule has 5 nitrogen and oxygen atoms in total. The highest BCUT2D eigenvalue weighted by atomic mass is 16.5. The summed E-state index contributed by atoms with van der Waals surface area (Å²) >= 11 is 0. The van der Waals surface area contributed by atoms with Crippen molar-refractivity contribution < 1.29 is 4.74 Å². The van der Waals surface area contributed by atoms with Crippen LogP contribution in [0.25, 0.3) is 0 Å². The lowest BCUT2D eigenvalue weighted by atomic mass is 9.91. The number of hydrogen-bond acceptors (Lipinski definition) is 5. The smallest absolute Gasteiger partial charge is 0.130 e. The Balaban J connectivity index is 1.42. The maximum absolute atomic E-state index is 6.12. The van der Waals surface area contributed by atoms with Gasteiger partial charge in [-0.2, -0.15) is 0 Å². The van der Waals surface area contributed by atoms with Crippen LogP contribution >= 0.6 is 0 Å². The monoisotopic (exact) mass is 402 g/mol. The fraction of sp³-hybridized carbons (Fsp3) is 0.360. The first-order chi connectivity index (χ1) is 14.7. The SMILES string of the molecule is CN(C)c1cc([C@H]2CCCN(Cc3ccccc3OCc3ccccn3)C2)ccn1. The first kappa shape index (κ1) is 20.4. The molecule has 2 aromatic heterocycles. The van der Waals surface area contributed by atoms with Crippen molar-refractivity contribution in [2.24, 2.45) is 0 Å². The highest BCUT2D eigenvalue weighted by molar-refractivity contribution is 5.40. The number of hydrogen-bond donors (Lipinski definition) is 0. The summed E-state index contributed by atoms with van der Waals surface area (Å²) in [7, 11) is 4.09. The van der Waals surface area contributed by atoms with Crippen LogP contribution in [0.15, 0.2) is 67.0 Å². The molecule has 1 fully saturated rings. The van der Waals surface area contributed by atoms with E-state index in [1.54, 1.807) is 6.20 Å². The average molecular weight is 403 g/mol. The average Bonchev–Trinajstić information content (AvgIpc) is 2.79. The number of likely N-dealkylation sites (tertiary alicyclic amines) is 1. The minimum atomic E-state index is 0.491. The quantitative estimate of drug-likeness (QED) is 0.582. The molecule has 0 spiro atoms. The molecule has 4 rings (SSSR count). The fourth-order valence-corrected chi connectivity index (χ4v) is 4.06. The highest BCUT2D eigenvalue weighted by Crippen LogP contribution is 2.30. The Morgan fingerprint density at radius 1 is 1.03 bits per heavy atom. The van der Waals surface area contributed by atoms with Crippen LogP contribution < -0.4 is 9.64 Å². The highest BCUT2D eigenvalue weighted by Gasteiger charge is 2.22. The van der Waals surface area contributed by atoms with Gasteiger partial charge in [-0.25, -0.2) is 4.98 Å². The number of para-hydroxylation sites is 1. The van der Waals surface area contributed by atoms with Crippen LogP contribution in [-0.2, 0) is 13.2 Å². The molecule has 0 N–H and O–H groups in total. The number of pyridine rings is 2. The van der Waals surface area contributed by atoms with Gasteiger partial charge in [0, 0.05) is 45.1 Å². The van der Waals surface area contributed by atoms with Crippen molar-refractivity contribution >= 4 is 5.82 Å². The van der Waals surface area contributed by atoms with Crippen molar-refractivity contribution in [2.75, 3.05) is 32.1 Å². The van der Waals surface area contributed by atoms with Crippen LogP contribution in [0.2, 0.25) is 0 Å². The molecule has 0 amide bonds. The van der Waals surface area contributed by atoms with Gasteiger partial charge in [0.1, 0.15) is 18.2 Å². The summed E-state index contributed by atoms with van der Waals surface area (Å²) in [6, 6.07) is 18.7. The molecule has 1 aliphatic heterocycles. The molecule has 5 heteroatoms. The van der Waals surface area contributed by atoms with Crippen LogP contribution in [0.3, 0.4) is 0 Å². The molecule has 1 aliphatic rings. The summed E-state index contributed by atoms with van der Waals surface area (Å²) in [5.41, 5.74) is 3.57. The van der Waals surface area contributed by atoms with E-state index < -0.39 is 0 Å². The van der Waals surface area contributed by atoms with Crippen molar-refractivity contribution in [1.29, 1.82) is 0 Å². The number of nitrogens with zero attached hydrogens (tertiary/aromatic N) is 4. The molecular formula is C25H30N4O. The van der Waals surface area contributed by atoms with Crippen molar-refractivity contribution in [3.8, 4) is 5.75 Å². The number of ether oxygens (including phenoxy) is 1. The summed E-state index contributed by atoms with van der Waals surface area (Å²) in [5.74, 6) is 2.52. The first-order valence-electron chi connectivity index (χ1n) is 10.7. The van der Waals surface area contributed by atoms with E-state index in [4.69, 9.17) is 4.74 Å². The second kappa shape index (κ2) is 9.72. The topological polar surface area (TPSA) is 41.5 Å². The molecule has 0 bridgehead atoms. The molecular weight excluding hydrogens is 372 g/mol. The van der Waals surface area contributed by atoms with E-state index in [9.17, 15) is 0 Å². The van der Waals surface area contributed by atoms with Crippen LogP contribution in [0.5, 0.6) is 5.75 Å².